The first-order valence-electron chi connectivity index (χ1n) is 6.94. The highest BCUT2D eigenvalue weighted by atomic mass is 79.9. The maximum absolute atomic E-state index is 12.2. The maximum atomic E-state index is 12.2. The van der Waals surface area contributed by atoms with Crippen molar-refractivity contribution in [2.75, 3.05) is 13.1 Å². The molecule has 0 saturated carbocycles. The normalized spacial score (nSPS) is 16.2. The molecule has 0 unspecified atom stereocenters. The van der Waals surface area contributed by atoms with Crippen LogP contribution in [0.4, 0.5) is 0 Å². The molecule has 1 saturated heterocycles. The quantitative estimate of drug-likeness (QED) is 0.914. The van der Waals surface area contributed by atoms with E-state index in [0.29, 0.717) is 29.9 Å². The third-order valence-corrected chi connectivity index (χ3v) is 3.83. The first-order valence-corrected chi connectivity index (χ1v) is 7.73. The van der Waals surface area contributed by atoms with Crippen LogP contribution in [0.15, 0.2) is 21.2 Å². The van der Waals surface area contributed by atoms with E-state index in [9.17, 15) is 9.59 Å². The number of nitrogens with one attached hydrogen (secondary N) is 1. The van der Waals surface area contributed by atoms with Crippen molar-refractivity contribution >= 4 is 27.7 Å². The predicted octanol–water partition coefficient (Wildman–Crippen LogP) is 2.56. The monoisotopic (exact) mass is 342 g/mol. The molecule has 1 fully saturated rings. The van der Waals surface area contributed by atoms with E-state index in [2.05, 4.69) is 21.2 Å². The summed E-state index contributed by atoms with van der Waals surface area (Å²) in [6.45, 7) is 3.28. The van der Waals surface area contributed by atoms with Crippen LogP contribution in [0.1, 0.15) is 43.2 Å². The Labute approximate surface area is 126 Å². The summed E-state index contributed by atoms with van der Waals surface area (Å²) in [5.41, 5.74) is 0. The number of halogens is 1. The van der Waals surface area contributed by atoms with Gasteiger partial charge in [0.25, 0.3) is 5.91 Å². The summed E-state index contributed by atoms with van der Waals surface area (Å²) in [5.74, 6) is 0.367. The zero-order valence-electron chi connectivity index (χ0n) is 11.5. The molecule has 1 N–H and O–H groups in total. The summed E-state index contributed by atoms with van der Waals surface area (Å²) in [7, 11) is 0. The molecule has 0 aromatic carbocycles. The van der Waals surface area contributed by atoms with Crippen molar-refractivity contribution in [3.8, 4) is 0 Å². The molecule has 0 atom stereocenters. The molecule has 110 valence electrons. The lowest BCUT2D eigenvalue weighted by Gasteiger charge is -2.31. The largest absolute Gasteiger partial charge is 0.444 e. The molecular weight excluding hydrogens is 324 g/mol. The van der Waals surface area contributed by atoms with Crippen LogP contribution >= 0.6 is 15.9 Å². The first kappa shape index (κ1) is 15.1. The van der Waals surface area contributed by atoms with Gasteiger partial charge in [-0.25, -0.2) is 0 Å². The van der Waals surface area contributed by atoms with Crippen molar-refractivity contribution in [2.45, 2.75) is 38.6 Å². The molecule has 2 rings (SSSR count). The third kappa shape index (κ3) is 3.85. The van der Waals surface area contributed by atoms with Crippen LogP contribution in [0.2, 0.25) is 0 Å². The SMILES string of the molecule is CCCC(=O)NC1CCN(C(=O)c2ccc(Br)o2)CC1. The van der Waals surface area contributed by atoms with Gasteiger partial charge in [-0.2, -0.15) is 0 Å². The van der Waals surface area contributed by atoms with Gasteiger partial charge in [-0.1, -0.05) is 6.92 Å². The molecule has 1 aliphatic heterocycles. The van der Waals surface area contributed by atoms with Gasteiger partial charge < -0.3 is 14.6 Å². The molecule has 0 radical (unpaired) electrons. The molecule has 1 aliphatic rings. The molecule has 1 aromatic heterocycles. The summed E-state index contributed by atoms with van der Waals surface area (Å²) >= 11 is 3.19. The number of furan rings is 1. The lowest BCUT2D eigenvalue weighted by molar-refractivity contribution is -0.122. The number of carbonyl (C=O) groups excluding carboxylic acids is 2. The third-order valence-electron chi connectivity index (χ3n) is 3.41. The van der Waals surface area contributed by atoms with Gasteiger partial charge in [0, 0.05) is 25.6 Å². The molecule has 2 amide bonds. The first-order chi connectivity index (χ1) is 9.60. The minimum Gasteiger partial charge on any atom is -0.444 e. The Hall–Kier alpha value is -1.30. The Bertz CT molecular complexity index is 479. The van der Waals surface area contributed by atoms with E-state index >= 15 is 0 Å². The fourth-order valence-corrected chi connectivity index (χ4v) is 2.65. The topological polar surface area (TPSA) is 62.6 Å². The molecule has 0 aliphatic carbocycles. The zero-order chi connectivity index (χ0) is 14.5. The van der Waals surface area contributed by atoms with Crippen LogP contribution in [0.5, 0.6) is 0 Å². The number of rotatable bonds is 4. The van der Waals surface area contributed by atoms with Crippen LogP contribution < -0.4 is 5.32 Å². The number of piperidine rings is 1. The fourth-order valence-electron chi connectivity index (χ4n) is 2.34. The molecule has 20 heavy (non-hydrogen) atoms. The van der Waals surface area contributed by atoms with Crippen molar-refractivity contribution in [1.29, 1.82) is 0 Å². The molecule has 0 spiro atoms. The van der Waals surface area contributed by atoms with Crippen molar-refractivity contribution < 1.29 is 14.0 Å². The van der Waals surface area contributed by atoms with Crippen molar-refractivity contribution in [3.05, 3.63) is 22.6 Å². The Morgan fingerprint density at radius 3 is 2.65 bits per heavy atom. The molecule has 5 nitrogen and oxygen atoms in total. The maximum Gasteiger partial charge on any atom is 0.289 e. The van der Waals surface area contributed by atoms with E-state index in [-0.39, 0.29) is 17.9 Å². The average Bonchev–Trinajstić information content (AvgIpc) is 2.86. The van der Waals surface area contributed by atoms with Crippen LogP contribution in [-0.2, 0) is 4.79 Å². The van der Waals surface area contributed by atoms with Gasteiger partial charge in [0.05, 0.1) is 0 Å². The smallest absolute Gasteiger partial charge is 0.289 e. The highest BCUT2D eigenvalue weighted by Gasteiger charge is 2.25. The highest BCUT2D eigenvalue weighted by Crippen LogP contribution is 2.18. The molecule has 2 heterocycles. The van der Waals surface area contributed by atoms with Gasteiger partial charge >= 0.3 is 0 Å². The highest BCUT2D eigenvalue weighted by molar-refractivity contribution is 9.10. The van der Waals surface area contributed by atoms with E-state index in [1.165, 1.54) is 0 Å². The van der Waals surface area contributed by atoms with Crippen LogP contribution in [0.3, 0.4) is 0 Å². The molecule has 1 aromatic rings. The van der Waals surface area contributed by atoms with Gasteiger partial charge in [-0.05, 0) is 47.3 Å². The number of hydrogen-bond acceptors (Lipinski definition) is 3. The second kappa shape index (κ2) is 6.92. The Balaban J connectivity index is 1.82. The van der Waals surface area contributed by atoms with E-state index in [1.54, 1.807) is 17.0 Å². The number of carbonyl (C=O) groups is 2. The van der Waals surface area contributed by atoms with Gasteiger partial charge in [0.15, 0.2) is 10.4 Å². The summed E-state index contributed by atoms with van der Waals surface area (Å²) in [4.78, 5) is 25.5. The van der Waals surface area contributed by atoms with Crippen molar-refractivity contribution in [1.82, 2.24) is 10.2 Å². The second-order valence-electron chi connectivity index (χ2n) is 4.99. The summed E-state index contributed by atoms with van der Waals surface area (Å²) < 4.78 is 5.84. The molecule has 0 bridgehead atoms. The predicted molar refractivity (Wildman–Crippen MR) is 78.4 cm³/mol. The Morgan fingerprint density at radius 2 is 2.10 bits per heavy atom. The zero-order valence-corrected chi connectivity index (χ0v) is 13.1. The second-order valence-corrected chi connectivity index (χ2v) is 5.77. The van der Waals surface area contributed by atoms with Gasteiger partial charge in [0.2, 0.25) is 5.91 Å². The van der Waals surface area contributed by atoms with E-state index in [4.69, 9.17) is 4.42 Å². The van der Waals surface area contributed by atoms with Gasteiger partial charge in [-0.15, -0.1) is 0 Å². The molecule has 6 heteroatoms. The number of likely N-dealkylation sites (tertiary alicyclic amines) is 1. The lowest BCUT2D eigenvalue weighted by Crippen LogP contribution is -2.46. The minimum absolute atomic E-state index is 0.0889. The number of hydrogen-bond donors (Lipinski definition) is 1. The summed E-state index contributed by atoms with van der Waals surface area (Å²) in [6, 6.07) is 3.56. The Morgan fingerprint density at radius 1 is 1.40 bits per heavy atom. The van der Waals surface area contributed by atoms with Crippen LogP contribution in [0.25, 0.3) is 0 Å². The summed E-state index contributed by atoms with van der Waals surface area (Å²) in [5, 5.41) is 3.02. The lowest BCUT2D eigenvalue weighted by atomic mass is 10.0. The minimum atomic E-state index is -0.0889. The van der Waals surface area contributed by atoms with E-state index < -0.39 is 0 Å². The fraction of sp³-hybridized carbons (Fsp3) is 0.571. The van der Waals surface area contributed by atoms with Crippen molar-refractivity contribution in [3.63, 3.8) is 0 Å². The standard InChI is InChI=1S/C14H19BrN2O3/c1-2-3-13(18)16-10-6-8-17(9-7-10)14(19)11-4-5-12(15)20-11/h4-5,10H,2-3,6-9H2,1H3,(H,16,18). The van der Waals surface area contributed by atoms with Gasteiger partial charge in [0.1, 0.15) is 0 Å². The average molecular weight is 343 g/mol. The van der Waals surface area contributed by atoms with Gasteiger partial charge in [-0.3, -0.25) is 9.59 Å². The van der Waals surface area contributed by atoms with Crippen LogP contribution in [-0.4, -0.2) is 35.8 Å². The number of nitrogens with zero attached hydrogens (tertiary/aromatic N) is 1. The van der Waals surface area contributed by atoms with Crippen LogP contribution in [0, 0.1) is 0 Å². The van der Waals surface area contributed by atoms with E-state index in [1.807, 2.05) is 6.92 Å². The Kier molecular flexibility index (Phi) is 5.23. The summed E-state index contributed by atoms with van der Waals surface area (Å²) in [6.07, 6.45) is 3.02. The van der Waals surface area contributed by atoms with E-state index in [0.717, 1.165) is 19.3 Å². The number of amides is 2. The van der Waals surface area contributed by atoms with Crippen molar-refractivity contribution in [2.24, 2.45) is 0 Å². The molecular formula is C14H19BrN2O3.